The van der Waals surface area contributed by atoms with Gasteiger partial charge in [0, 0.05) is 27.8 Å². The standard InChI is InChI=1S/C46H30N4O/c1-46(2)36-15-7-5-13-31(36)32-20-18-29(24-37(32)46)30-19-21-34-41(26-30)51-45-42(34)48-43(38-16-9-10-22-47-38)44(49-45)50-39-17-8-6-14-33(39)35-23-27-11-3-4-12-28(27)25-40(35)50/h3-26H,1-2H3. The summed E-state index contributed by atoms with van der Waals surface area (Å²) < 4.78 is 8.83. The highest BCUT2D eigenvalue weighted by Gasteiger charge is 2.35. The molecule has 4 aromatic heterocycles. The van der Waals surface area contributed by atoms with Crippen molar-refractivity contribution in [3.8, 4) is 39.5 Å². The van der Waals surface area contributed by atoms with Crippen LogP contribution in [-0.4, -0.2) is 19.5 Å². The van der Waals surface area contributed by atoms with E-state index in [4.69, 9.17) is 19.4 Å². The Morgan fingerprint density at radius 3 is 2.20 bits per heavy atom. The maximum atomic E-state index is 6.62. The topological polar surface area (TPSA) is 56.7 Å². The number of rotatable bonds is 3. The van der Waals surface area contributed by atoms with Crippen LogP contribution in [0.25, 0.3) is 94.2 Å². The molecule has 0 fully saturated rings. The number of para-hydroxylation sites is 1. The molecule has 240 valence electrons. The van der Waals surface area contributed by atoms with Gasteiger partial charge in [0.25, 0.3) is 0 Å². The third kappa shape index (κ3) is 4.00. The van der Waals surface area contributed by atoms with Crippen molar-refractivity contribution in [1.29, 1.82) is 0 Å². The lowest BCUT2D eigenvalue weighted by atomic mass is 9.81. The number of pyridine rings is 1. The number of nitrogens with zero attached hydrogens (tertiary/aromatic N) is 4. The second-order valence-electron chi connectivity index (χ2n) is 14.1. The number of fused-ring (bicyclic) bond motifs is 10. The van der Waals surface area contributed by atoms with E-state index in [2.05, 4.69) is 140 Å². The molecule has 0 radical (unpaired) electrons. The van der Waals surface area contributed by atoms with Gasteiger partial charge in [0.15, 0.2) is 5.82 Å². The van der Waals surface area contributed by atoms with Crippen LogP contribution >= 0.6 is 0 Å². The third-order valence-electron chi connectivity index (χ3n) is 10.9. The Balaban J connectivity index is 1.14. The molecule has 11 rings (SSSR count). The molecule has 0 unspecified atom stereocenters. The van der Waals surface area contributed by atoms with Crippen LogP contribution in [-0.2, 0) is 5.41 Å². The average molecular weight is 655 g/mol. The van der Waals surface area contributed by atoms with Gasteiger partial charge in [-0.25, -0.2) is 4.98 Å². The predicted octanol–water partition coefficient (Wildman–Crippen LogP) is 11.7. The summed E-state index contributed by atoms with van der Waals surface area (Å²) >= 11 is 0. The lowest BCUT2D eigenvalue weighted by Gasteiger charge is -2.22. The number of hydrogen-bond acceptors (Lipinski definition) is 4. The highest BCUT2D eigenvalue weighted by Crippen LogP contribution is 2.49. The molecule has 51 heavy (non-hydrogen) atoms. The van der Waals surface area contributed by atoms with Crippen LogP contribution in [0.2, 0.25) is 0 Å². The minimum absolute atomic E-state index is 0.0728. The number of furan rings is 1. The van der Waals surface area contributed by atoms with E-state index < -0.39 is 0 Å². The molecule has 1 aliphatic carbocycles. The van der Waals surface area contributed by atoms with Gasteiger partial charge >= 0.3 is 0 Å². The lowest BCUT2D eigenvalue weighted by molar-refractivity contribution is 0.652. The Morgan fingerprint density at radius 1 is 0.569 bits per heavy atom. The van der Waals surface area contributed by atoms with Gasteiger partial charge in [0.2, 0.25) is 5.71 Å². The zero-order valence-electron chi connectivity index (χ0n) is 28.1. The zero-order chi connectivity index (χ0) is 33.8. The van der Waals surface area contributed by atoms with Crippen molar-refractivity contribution in [3.63, 3.8) is 0 Å². The Kier molecular flexibility index (Phi) is 5.66. The molecule has 4 heterocycles. The summed E-state index contributed by atoms with van der Waals surface area (Å²) in [6, 6.07) is 49.4. The third-order valence-corrected chi connectivity index (χ3v) is 10.9. The van der Waals surface area contributed by atoms with Crippen LogP contribution in [0.3, 0.4) is 0 Å². The van der Waals surface area contributed by atoms with Crippen LogP contribution in [0.1, 0.15) is 25.0 Å². The molecule has 0 saturated heterocycles. The second-order valence-corrected chi connectivity index (χ2v) is 14.1. The van der Waals surface area contributed by atoms with Gasteiger partial charge in [-0.1, -0.05) is 105 Å². The van der Waals surface area contributed by atoms with E-state index in [1.807, 2.05) is 18.2 Å². The Morgan fingerprint density at radius 2 is 1.31 bits per heavy atom. The van der Waals surface area contributed by atoms with Gasteiger partial charge in [-0.15, -0.1) is 0 Å². The first kappa shape index (κ1) is 28.3. The minimum atomic E-state index is -0.0728. The largest absolute Gasteiger partial charge is 0.436 e. The zero-order valence-corrected chi connectivity index (χ0v) is 28.1. The Labute approximate surface area is 293 Å². The number of benzene rings is 6. The highest BCUT2D eigenvalue weighted by atomic mass is 16.3. The average Bonchev–Trinajstić information content (AvgIpc) is 3.77. The molecule has 5 nitrogen and oxygen atoms in total. The molecule has 0 aliphatic heterocycles. The predicted molar refractivity (Wildman–Crippen MR) is 207 cm³/mol. The Bertz CT molecular complexity index is 3060. The first-order valence-electron chi connectivity index (χ1n) is 17.4. The summed E-state index contributed by atoms with van der Waals surface area (Å²) in [5, 5.41) is 5.60. The fraction of sp³-hybridized carbons (Fsp3) is 0.0652. The van der Waals surface area contributed by atoms with E-state index in [1.165, 1.54) is 27.6 Å². The quantitative estimate of drug-likeness (QED) is 0.190. The molecule has 6 aromatic carbocycles. The molecule has 1 aliphatic rings. The number of hydrogen-bond donors (Lipinski definition) is 0. The van der Waals surface area contributed by atoms with Crippen molar-refractivity contribution < 1.29 is 4.42 Å². The van der Waals surface area contributed by atoms with Gasteiger partial charge in [-0.2, -0.15) is 4.98 Å². The van der Waals surface area contributed by atoms with Crippen LogP contribution in [0.4, 0.5) is 0 Å². The van der Waals surface area contributed by atoms with Crippen molar-refractivity contribution in [2.24, 2.45) is 0 Å². The normalized spacial score (nSPS) is 13.5. The van der Waals surface area contributed by atoms with E-state index >= 15 is 0 Å². The monoisotopic (exact) mass is 654 g/mol. The molecule has 10 aromatic rings. The summed E-state index contributed by atoms with van der Waals surface area (Å²) in [6.45, 7) is 4.63. The molecule has 5 heteroatoms. The van der Waals surface area contributed by atoms with Crippen molar-refractivity contribution >= 4 is 54.8 Å². The molecule has 0 amide bonds. The van der Waals surface area contributed by atoms with Gasteiger partial charge in [-0.05, 0) is 92.7 Å². The molecule has 0 atom stereocenters. The lowest BCUT2D eigenvalue weighted by Crippen LogP contribution is -2.14. The molecule has 0 saturated carbocycles. The first-order valence-corrected chi connectivity index (χ1v) is 17.4. The molecular weight excluding hydrogens is 625 g/mol. The maximum absolute atomic E-state index is 6.62. The second kappa shape index (κ2) is 10.2. The van der Waals surface area contributed by atoms with Gasteiger partial charge in [0.05, 0.1) is 16.7 Å². The van der Waals surface area contributed by atoms with Crippen molar-refractivity contribution in [1.82, 2.24) is 19.5 Å². The fourth-order valence-electron chi connectivity index (χ4n) is 8.34. The Hall–Kier alpha value is -6.59. The van der Waals surface area contributed by atoms with Crippen LogP contribution in [0, 0.1) is 0 Å². The summed E-state index contributed by atoms with van der Waals surface area (Å²) in [6.07, 6.45) is 1.81. The van der Waals surface area contributed by atoms with Crippen molar-refractivity contribution in [2.45, 2.75) is 19.3 Å². The SMILES string of the molecule is CC1(C)c2ccccc2-c2ccc(-c3ccc4c(c3)oc3nc(-n5c6ccccc6c6cc7ccccc7cc65)c(-c5ccccn5)nc34)cc21. The van der Waals surface area contributed by atoms with Crippen molar-refractivity contribution in [3.05, 3.63) is 157 Å². The molecule has 0 N–H and O–H groups in total. The summed E-state index contributed by atoms with van der Waals surface area (Å²) in [4.78, 5) is 15.4. The van der Waals surface area contributed by atoms with Gasteiger partial charge < -0.3 is 4.42 Å². The van der Waals surface area contributed by atoms with Crippen LogP contribution < -0.4 is 0 Å². The highest BCUT2D eigenvalue weighted by molar-refractivity contribution is 6.14. The molecular formula is C46H30N4O. The van der Waals surface area contributed by atoms with E-state index in [-0.39, 0.29) is 5.41 Å². The van der Waals surface area contributed by atoms with Gasteiger partial charge in [-0.3, -0.25) is 9.55 Å². The number of aromatic nitrogens is 4. The minimum Gasteiger partial charge on any atom is -0.436 e. The molecule has 0 bridgehead atoms. The smallest absolute Gasteiger partial charge is 0.248 e. The summed E-state index contributed by atoms with van der Waals surface area (Å²) in [5.74, 6) is 0.683. The molecule has 0 spiro atoms. The first-order chi connectivity index (χ1) is 25.0. The van der Waals surface area contributed by atoms with Gasteiger partial charge in [0.1, 0.15) is 16.8 Å². The summed E-state index contributed by atoms with van der Waals surface area (Å²) in [5.41, 5.74) is 13.1. The van der Waals surface area contributed by atoms with E-state index in [1.54, 1.807) is 6.20 Å². The van der Waals surface area contributed by atoms with E-state index in [9.17, 15) is 0 Å². The maximum Gasteiger partial charge on any atom is 0.248 e. The fourth-order valence-corrected chi connectivity index (χ4v) is 8.34. The van der Waals surface area contributed by atoms with E-state index in [0.29, 0.717) is 17.2 Å². The summed E-state index contributed by atoms with van der Waals surface area (Å²) in [7, 11) is 0. The van der Waals surface area contributed by atoms with Crippen LogP contribution in [0.5, 0.6) is 0 Å². The van der Waals surface area contributed by atoms with Crippen LogP contribution in [0.15, 0.2) is 150 Å². The van der Waals surface area contributed by atoms with Crippen molar-refractivity contribution in [2.75, 3.05) is 0 Å². The van der Waals surface area contributed by atoms with E-state index in [0.717, 1.165) is 60.5 Å².